The number of amides is 2. The van der Waals surface area contributed by atoms with Crippen LogP contribution in [0.4, 0.5) is 5.69 Å². The lowest BCUT2D eigenvalue weighted by Crippen LogP contribution is -2.28. The molecule has 0 aliphatic heterocycles. The molecule has 0 unspecified atom stereocenters. The van der Waals surface area contributed by atoms with Crippen molar-refractivity contribution >= 4 is 57.3 Å². The second kappa shape index (κ2) is 10.7. The van der Waals surface area contributed by atoms with Crippen molar-refractivity contribution in [2.45, 2.75) is 26.2 Å². The summed E-state index contributed by atoms with van der Waals surface area (Å²) in [6, 6.07) is 21.8. The number of aromatic nitrogens is 1. The molecule has 0 atom stereocenters. The number of halogens is 2. The van der Waals surface area contributed by atoms with E-state index in [0.717, 1.165) is 36.1 Å². The maximum absolute atomic E-state index is 13.2. The Hall–Kier alpha value is -3.74. The van der Waals surface area contributed by atoms with Crippen LogP contribution in [-0.4, -0.2) is 22.5 Å². The number of anilines is 1. The first-order valence-corrected chi connectivity index (χ1v) is 12.8. The van der Waals surface area contributed by atoms with Gasteiger partial charge in [-0.15, -0.1) is 0 Å². The van der Waals surface area contributed by atoms with Crippen LogP contribution in [0.1, 0.15) is 42.1 Å². The third-order valence-corrected chi connectivity index (χ3v) is 7.29. The number of carbonyl (C=O) groups is 2. The Balaban J connectivity index is 1.36. The molecule has 0 spiro atoms. The highest BCUT2D eigenvalue weighted by atomic mass is 35.5. The molecule has 3 aromatic carbocycles. The quantitative estimate of drug-likeness (QED) is 0.206. The molecule has 1 heterocycles. The van der Waals surface area contributed by atoms with Crippen LogP contribution in [0.3, 0.4) is 0 Å². The summed E-state index contributed by atoms with van der Waals surface area (Å²) in [7, 11) is 0. The van der Waals surface area contributed by atoms with E-state index in [1.165, 1.54) is 0 Å². The van der Waals surface area contributed by atoms with Crippen molar-refractivity contribution in [1.29, 1.82) is 0 Å². The highest BCUT2D eigenvalue weighted by Crippen LogP contribution is 2.30. The zero-order valence-corrected chi connectivity index (χ0v) is 21.6. The minimum absolute atomic E-state index is 0.0708. The maximum atomic E-state index is 13.2. The average Bonchev–Trinajstić information content (AvgIpc) is 2.87. The standard InChI is InChI=1S/C29H24Cl2N4O2/c1-17(18-9-12-21(13-10-18)32-28(36)19-5-4-6-19)34-35-29(37)23-16-27(20-11-14-24(30)25(31)15-20)33-26-8-3-2-7-22(23)26/h2-3,7-16,19H,4-6H2,1H3,(H,32,36)(H,35,37). The van der Waals surface area contributed by atoms with Crippen LogP contribution >= 0.6 is 23.2 Å². The van der Waals surface area contributed by atoms with E-state index in [1.807, 2.05) is 61.5 Å². The molecule has 1 aliphatic rings. The highest BCUT2D eigenvalue weighted by molar-refractivity contribution is 6.42. The van der Waals surface area contributed by atoms with Gasteiger partial charge in [-0.1, -0.05) is 66.0 Å². The zero-order valence-electron chi connectivity index (χ0n) is 20.1. The fraction of sp³-hybridized carbons (Fsp3) is 0.172. The number of fused-ring (bicyclic) bond motifs is 1. The van der Waals surface area contributed by atoms with Gasteiger partial charge in [0.1, 0.15) is 0 Å². The first-order valence-electron chi connectivity index (χ1n) is 12.0. The fourth-order valence-electron chi connectivity index (χ4n) is 4.14. The molecule has 4 aromatic rings. The smallest absolute Gasteiger partial charge is 0.272 e. The van der Waals surface area contributed by atoms with Gasteiger partial charge in [0.15, 0.2) is 0 Å². The summed E-state index contributed by atoms with van der Waals surface area (Å²) in [5.41, 5.74) is 7.35. The van der Waals surface area contributed by atoms with E-state index in [-0.39, 0.29) is 17.7 Å². The number of hydrogen-bond donors (Lipinski definition) is 2. The Morgan fingerprint density at radius 2 is 1.70 bits per heavy atom. The number of rotatable bonds is 6. The lowest BCUT2D eigenvalue weighted by molar-refractivity contribution is -0.122. The number of pyridine rings is 1. The monoisotopic (exact) mass is 530 g/mol. The van der Waals surface area contributed by atoms with Gasteiger partial charge in [0.2, 0.25) is 5.91 Å². The molecule has 8 heteroatoms. The molecule has 2 amide bonds. The van der Waals surface area contributed by atoms with Crippen LogP contribution in [0.2, 0.25) is 10.0 Å². The third kappa shape index (κ3) is 5.50. The minimum atomic E-state index is -0.358. The van der Waals surface area contributed by atoms with Crippen LogP contribution in [-0.2, 0) is 4.79 Å². The van der Waals surface area contributed by atoms with Gasteiger partial charge in [0.25, 0.3) is 5.91 Å². The fourth-order valence-corrected chi connectivity index (χ4v) is 4.43. The molecule has 0 bridgehead atoms. The van der Waals surface area contributed by atoms with Gasteiger partial charge < -0.3 is 5.32 Å². The molecule has 37 heavy (non-hydrogen) atoms. The first-order chi connectivity index (χ1) is 17.9. The van der Waals surface area contributed by atoms with Gasteiger partial charge in [-0.2, -0.15) is 5.10 Å². The summed E-state index contributed by atoms with van der Waals surface area (Å²) in [5.74, 6) is -0.162. The summed E-state index contributed by atoms with van der Waals surface area (Å²) in [6.07, 6.45) is 3.03. The van der Waals surface area contributed by atoms with E-state index in [2.05, 4.69) is 15.8 Å². The molecule has 0 radical (unpaired) electrons. The number of nitrogens with one attached hydrogen (secondary N) is 2. The van der Waals surface area contributed by atoms with E-state index < -0.39 is 0 Å². The molecule has 1 aliphatic carbocycles. The summed E-state index contributed by atoms with van der Waals surface area (Å²) >= 11 is 12.3. The maximum Gasteiger partial charge on any atom is 0.272 e. The molecule has 2 N–H and O–H groups in total. The predicted octanol–water partition coefficient (Wildman–Crippen LogP) is 7.10. The van der Waals surface area contributed by atoms with E-state index in [4.69, 9.17) is 28.2 Å². The number of benzene rings is 3. The molecular weight excluding hydrogens is 507 g/mol. The third-order valence-electron chi connectivity index (χ3n) is 6.55. The molecular formula is C29H24Cl2N4O2. The van der Waals surface area contributed by atoms with E-state index in [9.17, 15) is 9.59 Å². The number of hydrogen-bond acceptors (Lipinski definition) is 4. The Labute approximate surface area is 224 Å². The first kappa shape index (κ1) is 24.9. The summed E-state index contributed by atoms with van der Waals surface area (Å²) < 4.78 is 0. The molecule has 6 nitrogen and oxygen atoms in total. The second-order valence-electron chi connectivity index (χ2n) is 9.03. The van der Waals surface area contributed by atoms with Crippen LogP contribution in [0.25, 0.3) is 22.2 Å². The Morgan fingerprint density at radius 3 is 2.41 bits per heavy atom. The van der Waals surface area contributed by atoms with Crippen molar-refractivity contribution in [3.63, 3.8) is 0 Å². The number of para-hydroxylation sites is 1. The van der Waals surface area contributed by atoms with Crippen molar-refractivity contribution in [2.24, 2.45) is 11.0 Å². The number of nitrogens with zero attached hydrogens (tertiary/aromatic N) is 2. The molecule has 1 saturated carbocycles. The summed E-state index contributed by atoms with van der Waals surface area (Å²) in [4.78, 5) is 30.1. The van der Waals surface area contributed by atoms with E-state index in [0.29, 0.717) is 37.9 Å². The van der Waals surface area contributed by atoms with Gasteiger partial charge >= 0.3 is 0 Å². The largest absolute Gasteiger partial charge is 0.326 e. The highest BCUT2D eigenvalue weighted by Gasteiger charge is 2.25. The molecule has 5 rings (SSSR count). The zero-order chi connectivity index (χ0) is 25.9. The Morgan fingerprint density at radius 1 is 0.946 bits per heavy atom. The van der Waals surface area contributed by atoms with Crippen LogP contribution in [0, 0.1) is 5.92 Å². The molecule has 1 fully saturated rings. The van der Waals surface area contributed by atoms with Crippen molar-refractivity contribution in [2.75, 3.05) is 5.32 Å². The Kier molecular flexibility index (Phi) is 7.22. The predicted molar refractivity (Wildman–Crippen MR) is 149 cm³/mol. The van der Waals surface area contributed by atoms with E-state index >= 15 is 0 Å². The van der Waals surface area contributed by atoms with Gasteiger partial charge in [-0.05, 0) is 61.7 Å². The minimum Gasteiger partial charge on any atom is -0.326 e. The van der Waals surface area contributed by atoms with Crippen molar-refractivity contribution in [1.82, 2.24) is 10.4 Å². The molecule has 186 valence electrons. The lowest BCUT2D eigenvalue weighted by atomic mass is 9.85. The number of carbonyl (C=O) groups excluding carboxylic acids is 2. The van der Waals surface area contributed by atoms with Crippen LogP contribution in [0.5, 0.6) is 0 Å². The average molecular weight is 531 g/mol. The topological polar surface area (TPSA) is 83.4 Å². The second-order valence-corrected chi connectivity index (χ2v) is 9.85. The van der Waals surface area contributed by atoms with Gasteiger partial charge in [-0.25, -0.2) is 10.4 Å². The van der Waals surface area contributed by atoms with Crippen LogP contribution < -0.4 is 10.7 Å². The molecule has 0 saturated heterocycles. The Bertz CT molecular complexity index is 1530. The summed E-state index contributed by atoms with van der Waals surface area (Å²) in [5, 5.41) is 8.84. The lowest BCUT2D eigenvalue weighted by Gasteiger charge is -2.24. The van der Waals surface area contributed by atoms with E-state index in [1.54, 1.807) is 18.2 Å². The van der Waals surface area contributed by atoms with Crippen molar-refractivity contribution < 1.29 is 9.59 Å². The van der Waals surface area contributed by atoms with Crippen molar-refractivity contribution in [3.05, 3.63) is 94.0 Å². The van der Waals surface area contributed by atoms with Crippen LogP contribution in [0.15, 0.2) is 77.9 Å². The molecule has 1 aromatic heterocycles. The van der Waals surface area contributed by atoms with Gasteiger partial charge in [0, 0.05) is 22.6 Å². The van der Waals surface area contributed by atoms with Crippen molar-refractivity contribution in [3.8, 4) is 11.3 Å². The number of hydrazone groups is 1. The van der Waals surface area contributed by atoms with Gasteiger partial charge in [-0.3, -0.25) is 9.59 Å². The van der Waals surface area contributed by atoms with Gasteiger partial charge in [0.05, 0.1) is 32.5 Å². The summed E-state index contributed by atoms with van der Waals surface area (Å²) in [6.45, 7) is 1.81. The SMILES string of the molecule is CC(=NNC(=O)c1cc(-c2ccc(Cl)c(Cl)c2)nc2ccccc12)c1ccc(NC(=O)C2CCC2)cc1. The normalized spacial score (nSPS) is 13.8.